The first-order valence-electron chi connectivity index (χ1n) is 8.96. The van der Waals surface area contributed by atoms with Gasteiger partial charge in [-0.1, -0.05) is 26.0 Å². The van der Waals surface area contributed by atoms with E-state index in [1.807, 2.05) is 24.0 Å². The summed E-state index contributed by atoms with van der Waals surface area (Å²) in [7, 11) is 0. The maximum atomic E-state index is 12.9. The van der Waals surface area contributed by atoms with Gasteiger partial charge in [-0.25, -0.2) is 10.1 Å². The highest BCUT2D eigenvalue weighted by Crippen LogP contribution is 2.24. The molecule has 2 atom stereocenters. The zero-order valence-electron chi connectivity index (χ0n) is 15.1. The van der Waals surface area contributed by atoms with Gasteiger partial charge in [0.25, 0.3) is 11.9 Å². The molecule has 8 nitrogen and oxygen atoms in total. The number of benzene rings is 1. The van der Waals surface area contributed by atoms with E-state index in [9.17, 15) is 14.9 Å². The van der Waals surface area contributed by atoms with Gasteiger partial charge >= 0.3 is 0 Å². The monoisotopic (exact) mass is 360 g/mol. The summed E-state index contributed by atoms with van der Waals surface area (Å²) in [5, 5.41) is 13.8. The second-order valence-electron chi connectivity index (χ2n) is 6.87. The highest BCUT2D eigenvalue weighted by atomic mass is 16.7. The first kappa shape index (κ1) is 18.3. The molecule has 1 aromatic carbocycles. The zero-order valence-corrected chi connectivity index (χ0v) is 15.1. The fourth-order valence-corrected chi connectivity index (χ4v) is 3.41. The van der Waals surface area contributed by atoms with Gasteiger partial charge in [-0.05, 0) is 30.0 Å². The Morgan fingerprint density at radius 3 is 2.62 bits per heavy atom. The molecular formula is C18H24N4O4. The lowest BCUT2D eigenvalue weighted by atomic mass is 9.98. The molecule has 2 unspecified atom stereocenters. The number of guanidine groups is 1. The predicted octanol–water partition coefficient (Wildman–Crippen LogP) is 1.84. The lowest BCUT2D eigenvalue weighted by Gasteiger charge is -2.23. The quantitative estimate of drug-likeness (QED) is 0.590. The summed E-state index contributed by atoms with van der Waals surface area (Å²) < 4.78 is 5.48. The Morgan fingerprint density at radius 2 is 2.04 bits per heavy atom. The van der Waals surface area contributed by atoms with Gasteiger partial charge in [-0.3, -0.25) is 9.69 Å². The molecule has 2 aliphatic rings. The van der Waals surface area contributed by atoms with Crippen LogP contribution in [-0.4, -0.2) is 59.5 Å². The highest BCUT2D eigenvalue weighted by molar-refractivity contribution is 6.06. The van der Waals surface area contributed by atoms with Crippen molar-refractivity contribution in [1.82, 2.24) is 9.80 Å². The maximum Gasteiger partial charge on any atom is 0.281 e. The third-order valence-corrected chi connectivity index (χ3v) is 5.12. The first-order valence-corrected chi connectivity index (χ1v) is 8.96. The fourth-order valence-electron chi connectivity index (χ4n) is 3.41. The molecule has 1 aromatic rings. The molecule has 2 saturated heterocycles. The van der Waals surface area contributed by atoms with Crippen molar-refractivity contribution < 1.29 is 14.6 Å². The van der Waals surface area contributed by atoms with Crippen molar-refractivity contribution in [2.24, 2.45) is 16.9 Å². The van der Waals surface area contributed by atoms with Crippen molar-refractivity contribution in [1.29, 1.82) is 0 Å². The summed E-state index contributed by atoms with van der Waals surface area (Å²) in [4.78, 5) is 27.1. The first-order chi connectivity index (χ1) is 12.5. The molecule has 0 radical (unpaired) electrons. The smallest absolute Gasteiger partial charge is 0.281 e. The molecule has 26 heavy (non-hydrogen) atoms. The minimum Gasteiger partial charge on any atom is -0.381 e. The number of amides is 1. The molecule has 8 heteroatoms. The number of ether oxygens (including phenoxy) is 1. The summed E-state index contributed by atoms with van der Waals surface area (Å²) in [5.41, 5.74) is 1.65. The molecule has 140 valence electrons. The van der Waals surface area contributed by atoms with Crippen LogP contribution in [-0.2, 0) is 11.2 Å². The van der Waals surface area contributed by atoms with Gasteiger partial charge in [0.15, 0.2) is 5.03 Å². The molecule has 0 spiro atoms. The van der Waals surface area contributed by atoms with Crippen LogP contribution in [0.4, 0.5) is 0 Å². The molecular weight excluding hydrogens is 336 g/mol. The van der Waals surface area contributed by atoms with Crippen molar-refractivity contribution in [2.45, 2.75) is 20.3 Å². The van der Waals surface area contributed by atoms with Crippen molar-refractivity contribution in [2.75, 3.05) is 32.8 Å². The van der Waals surface area contributed by atoms with Gasteiger partial charge in [0.05, 0.1) is 6.61 Å². The number of hydrogen-bond acceptors (Lipinski definition) is 4. The van der Waals surface area contributed by atoms with Gasteiger partial charge in [0.2, 0.25) is 0 Å². The molecule has 0 saturated carbocycles. The lowest BCUT2D eigenvalue weighted by molar-refractivity contribution is -0.486. The Morgan fingerprint density at radius 1 is 1.31 bits per heavy atom. The van der Waals surface area contributed by atoms with E-state index in [2.05, 4.69) is 12.0 Å². The summed E-state index contributed by atoms with van der Waals surface area (Å²) >= 11 is 0. The lowest BCUT2D eigenvalue weighted by Crippen LogP contribution is -2.41. The minimum absolute atomic E-state index is 0.124. The topological polar surface area (TPSA) is 88.3 Å². The molecule has 3 rings (SSSR count). The summed E-state index contributed by atoms with van der Waals surface area (Å²) in [6.45, 7) is 7.02. The van der Waals surface area contributed by atoms with E-state index in [1.165, 1.54) is 4.90 Å². The van der Waals surface area contributed by atoms with Crippen LogP contribution in [0.15, 0.2) is 29.4 Å². The van der Waals surface area contributed by atoms with Crippen LogP contribution in [0.1, 0.15) is 29.8 Å². The number of aryl methyl sites for hydroxylation is 1. The van der Waals surface area contributed by atoms with Gasteiger partial charge in [-0.2, -0.15) is 0 Å². The van der Waals surface area contributed by atoms with Gasteiger partial charge < -0.3 is 9.64 Å². The van der Waals surface area contributed by atoms with Gasteiger partial charge in [0.1, 0.15) is 5.10 Å². The van der Waals surface area contributed by atoms with Crippen molar-refractivity contribution in [3.8, 4) is 0 Å². The van der Waals surface area contributed by atoms with E-state index in [4.69, 9.17) is 4.74 Å². The third-order valence-electron chi connectivity index (χ3n) is 5.12. The van der Waals surface area contributed by atoms with Crippen LogP contribution in [0.5, 0.6) is 0 Å². The minimum atomic E-state index is -0.733. The second-order valence-corrected chi connectivity index (χ2v) is 6.87. The number of carbonyl (C=O) groups is 1. The SMILES string of the molecule is CCc1ccc(C(=O)N2CCN(CC3COCC3C)C2=N[N+](=O)[O-])cc1. The molecule has 0 bridgehead atoms. The molecule has 0 aromatic heterocycles. The fraction of sp³-hybridized carbons (Fsp3) is 0.556. The summed E-state index contributed by atoms with van der Waals surface area (Å²) in [6, 6.07) is 7.34. The van der Waals surface area contributed by atoms with Crippen molar-refractivity contribution in [3.05, 3.63) is 45.5 Å². The van der Waals surface area contributed by atoms with E-state index >= 15 is 0 Å². The van der Waals surface area contributed by atoms with Crippen LogP contribution < -0.4 is 0 Å². The average Bonchev–Trinajstić information content (AvgIpc) is 3.21. The Balaban J connectivity index is 1.79. The van der Waals surface area contributed by atoms with Crippen LogP contribution in [0.3, 0.4) is 0 Å². The van der Waals surface area contributed by atoms with Crippen LogP contribution in [0, 0.1) is 22.0 Å². The van der Waals surface area contributed by atoms with E-state index < -0.39 is 5.03 Å². The molecule has 2 aliphatic heterocycles. The number of carbonyl (C=O) groups excluding carboxylic acids is 1. The average molecular weight is 360 g/mol. The number of hydrogen-bond donors (Lipinski definition) is 0. The molecule has 2 heterocycles. The summed E-state index contributed by atoms with van der Waals surface area (Å²) in [6.07, 6.45) is 0.891. The van der Waals surface area contributed by atoms with E-state index in [0.29, 0.717) is 44.3 Å². The maximum absolute atomic E-state index is 12.9. The van der Waals surface area contributed by atoms with Crippen LogP contribution in [0.25, 0.3) is 0 Å². The standard InChI is InChI=1S/C18H24N4O4/c1-3-14-4-6-15(7-5-14)17(23)21-9-8-20(18(21)19-22(24)25)10-16-12-26-11-13(16)2/h4-7,13,16H,3,8-12H2,1-2H3. The number of hydrazone groups is 1. The van der Waals surface area contributed by atoms with Crippen molar-refractivity contribution in [3.63, 3.8) is 0 Å². The number of nitro groups is 1. The summed E-state index contributed by atoms with van der Waals surface area (Å²) in [5.74, 6) is 0.536. The molecule has 1 amide bonds. The molecule has 0 N–H and O–H groups in total. The Hall–Kier alpha value is -2.48. The van der Waals surface area contributed by atoms with E-state index in [1.54, 1.807) is 12.1 Å². The van der Waals surface area contributed by atoms with E-state index in [0.717, 1.165) is 12.0 Å². The van der Waals surface area contributed by atoms with Crippen LogP contribution in [0.2, 0.25) is 0 Å². The Kier molecular flexibility index (Phi) is 5.51. The zero-order chi connectivity index (χ0) is 18.7. The van der Waals surface area contributed by atoms with Gasteiger partial charge in [0, 0.05) is 37.7 Å². The third kappa shape index (κ3) is 3.85. The van der Waals surface area contributed by atoms with Crippen LogP contribution >= 0.6 is 0 Å². The van der Waals surface area contributed by atoms with E-state index in [-0.39, 0.29) is 17.8 Å². The molecule has 0 aliphatic carbocycles. The largest absolute Gasteiger partial charge is 0.381 e. The van der Waals surface area contributed by atoms with Crippen molar-refractivity contribution >= 4 is 11.9 Å². The number of nitrogens with zero attached hydrogens (tertiary/aromatic N) is 4. The Bertz CT molecular complexity index is 704. The predicted molar refractivity (Wildman–Crippen MR) is 96.3 cm³/mol. The highest BCUT2D eigenvalue weighted by Gasteiger charge is 2.37. The second kappa shape index (κ2) is 7.82. The normalized spacial score (nSPS) is 24.5. The van der Waals surface area contributed by atoms with Gasteiger partial charge in [-0.15, -0.1) is 0 Å². The number of rotatable bonds is 5. The molecule has 2 fully saturated rings. The Labute approximate surface area is 152 Å².